The second-order valence-corrected chi connectivity index (χ2v) is 5.67. The molecule has 1 aromatic rings. The molecule has 106 valence electrons. The van der Waals surface area contributed by atoms with Crippen molar-refractivity contribution in [1.29, 1.82) is 0 Å². The number of ether oxygens (including phenoxy) is 1. The number of carbonyl (C=O) groups excluding carboxylic acids is 1. The van der Waals surface area contributed by atoms with Crippen LogP contribution in [0, 0.1) is 6.92 Å². The zero-order chi connectivity index (χ0) is 14.3. The summed E-state index contributed by atoms with van der Waals surface area (Å²) in [6, 6.07) is 6.34. The third kappa shape index (κ3) is 5.40. The fourth-order valence-corrected chi connectivity index (χ4v) is 2.24. The molecule has 0 atom stereocenters. The predicted molar refractivity (Wildman–Crippen MR) is 70.2 cm³/mol. The van der Waals surface area contributed by atoms with E-state index in [4.69, 9.17) is 8.92 Å². The summed E-state index contributed by atoms with van der Waals surface area (Å²) in [5, 5.41) is 0. The van der Waals surface area contributed by atoms with Gasteiger partial charge in [-0.05, 0) is 25.5 Å². The second-order valence-electron chi connectivity index (χ2n) is 4.06. The highest BCUT2D eigenvalue weighted by molar-refractivity contribution is 7.86. The second kappa shape index (κ2) is 7.25. The first-order valence-electron chi connectivity index (χ1n) is 6.07. The Balaban J connectivity index is 2.43. The molecule has 0 aliphatic rings. The molecular weight excluding hydrogens is 268 g/mol. The maximum Gasteiger partial charge on any atom is 0.305 e. The third-order valence-electron chi connectivity index (χ3n) is 2.35. The highest BCUT2D eigenvalue weighted by Gasteiger charge is 2.14. The van der Waals surface area contributed by atoms with Gasteiger partial charge in [-0.1, -0.05) is 24.6 Å². The maximum absolute atomic E-state index is 11.8. The first kappa shape index (κ1) is 15.7. The normalized spacial score (nSPS) is 11.3. The van der Waals surface area contributed by atoms with Crippen molar-refractivity contribution in [2.45, 2.75) is 31.6 Å². The summed E-state index contributed by atoms with van der Waals surface area (Å²) in [4.78, 5) is 11.1. The Morgan fingerprint density at radius 2 is 1.79 bits per heavy atom. The van der Waals surface area contributed by atoms with Crippen LogP contribution in [-0.2, 0) is 23.8 Å². The van der Waals surface area contributed by atoms with Crippen LogP contribution >= 0.6 is 0 Å². The molecular formula is C13H18O5S. The number of hydrogen-bond donors (Lipinski definition) is 0. The van der Waals surface area contributed by atoms with E-state index >= 15 is 0 Å². The molecule has 0 amide bonds. The summed E-state index contributed by atoms with van der Waals surface area (Å²) in [5.74, 6) is -0.348. The number of hydrogen-bond acceptors (Lipinski definition) is 5. The van der Waals surface area contributed by atoms with Crippen LogP contribution in [0.4, 0.5) is 0 Å². The Morgan fingerprint density at radius 1 is 1.16 bits per heavy atom. The summed E-state index contributed by atoms with van der Waals surface area (Å²) in [5.41, 5.74) is 0.965. The van der Waals surface area contributed by atoms with Crippen molar-refractivity contribution in [3.8, 4) is 0 Å². The lowest BCUT2D eigenvalue weighted by Crippen LogP contribution is -2.14. The van der Waals surface area contributed by atoms with Crippen LogP contribution in [0.15, 0.2) is 29.2 Å². The van der Waals surface area contributed by atoms with E-state index in [1.807, 2.05) is 13.8 Å². The van der Waals surface area contributed by atoms with Crippen molar-refractivity contribution < 1.29 is 22.1 Å². The Labute approximate surface area is 113 Å². The van der Waals surface area contributed by atoms with Crippen molar-refractivity contribution in [1.82, 2.24) is 0 Å². The minimum atomic E-state index is -3.78. The monoisotopic (exact) mass is 286 g/mol. The molecule has 1 aromatic carbocycles. The van der Waals surface area contributed by atoms with Crippen LogP contribution in [0.2, 0.25) is 0 Å². The van der Waals surface area contributed by atoms with E-state index in [1.165, 1.54) is 12.1 Å². The van der Waals surface area contributed by atoms with E-state index in [0.29, 0.717) is 12.8 Å². The van der Waals surface area contributed by atoms with Gasteiger partial charge in [-0.2, -0.15) is 8.42 Å². The Bertz CT molecular complexity index is 504. The van der Waals surface area contributed by atoms with E-state index in [0.717, 1.165) is 5.56 Å². The molecule has 0 saturated carbocycles. The Hall–Kier alpha value is -1.40. The maximum atomic E-state index is 11.8. The molecule has 0 aliphatic heterocycles. The van der Waals surface area contributed by atoms with Gasteiger partial charge in [-0.3, -0.25) is 8.98 Å². The van der Waals surface area contributed by atoms with E-state index in [2.05, 4.69) is 0 Å². The summed E-state index contributed by atoms with van der Waals surface area (Å²) < 4.78 is 33.1. The summed E-state index contributed by atoms with van der Waals surface area (Å²) in [6.45, 7) is 3.49. The number of esters is 1. The van der Waals surface area contributed by atoms with Gasteiger partial charge < -0.3 is 4.74 Å². The predicted octanol–water partition coefficient (Wildman–Crippen LogP) is 2.04. The van der Waals surface area contributed by atoms with Crippen molar-refractivity contribution >= 4 is 16.1 Å². The molecule has 0 N–H and O–H groups in total. The highest BCUT2D eigenvalue weighted by atomic mass is 32.2. The van der Waals surface area contributed by atoms with Crippen molar-refractivity contribution in [3.63, 3.8) is 0 Å². The van der Waals surface area contributed by atoms with Gasteiger partial charge in [0.05, 0.1) is 4.90 Å². The lowest BCUT2D eigenvalue weighted by atomic mass is 10.2. The molecule has 6 heteroatoms. The quantitative estimate of drug-likeness (QED) is 0.436. The van der Waals surface area contributed by atoms with Crippen LogP contribution in [0.1, 0.15) is 25.3 Å². The fraction of sp³-hybridized carbons (Fsp3) is 0.462. The Morgan fingerprint density at radius 3 is 2.37 bits per heavy atom. The number of rotatable bonds is 7. The van der Waals surface area contributed by atoms with E-state index in [-0.39, 0.29) is 24.1 Å². The zero-order valence-corrected chi connectivity index (χ0v) is 11.9. The average molecular weight is 286 g/mol. The summed E-state index contributed by atoms with van der Waals surface area (Å²) in [7, 11) is -3.78. The van der Waals surface area contributed by atoms with Crippen LogP contribution in [0.5, 0.6) is 0 Å². The van der Waals surface area contributed by atoms with Crippen molar-refractivity contribution in [3.05, 3.63) is 29.8 Å². The molecule has 0 radical (unpaired) electrons. The van der Waals surface area contributed by atoms with Gasteiger partial charge in [0.1, 0.15) is 13.2 Å². The lowest BCUT2D eigenvalue weighted by molar-refractivity contribution is -0.144. The SMILES string of the molecule is CCCC(=O)OCCOS(=O)(=O)c1ccc(C)cc1. The van der Waals surface area contributed by atoms with E-state index in [9.17, 15) is 13.2 Å². The molecule has 0 heterocycles. The zero-order valence-electron chi connectivity index (χ0n) is 11.1. The Kier molecular flexibility index (Phi) is 5.98. The van der Waals surface area contributed by atoms with Gasteiger partial charge in [-0.15, -0.1) is 0 Å². The number of benzene rings is 1. The minimum absolute atomic E-state index is 0.0656. The molecule has 0 aromatic heterocycles. The first-order chi connectivity index (χ1) is 8.95. The molecule has 1 rings (SSSR count). The fourth-order valence-electron chi connectivity index (χ4n) is 1.35. The van der Waals surface area contributed by atoms with Crippen LogP contribution in [-0.4, -0.2) is 27.6 Å². The van der Waals surface area contributed by atoms with Gasteiger partial charge in [-0.25, -0.2) is 0 Å². The van der Waals surface area contributed by atoms with Crippen molar-refractivity contribution in [2.24, 2.45) is 0 Å². The van der Waals surface area contributed by atoms with E-state index < -0.39 is 10.1 Å². The number of aryl methyl sites for hydroxylation is 1. The van der Waals surface area contributed by atoms with Gasteiger partial charge in [0, 0.05) is 6.42 Å². The third-order valence-corrected chi connectivity index (χ3v) is 3.68. The molecule has 0 unspecified atom stereocenters. The first-order valence-corrected chi connectivity index (χ1v) is 7.48. The molecule has 19 heavy (non-hydrogen) atoms. The summed E-state index contributed by atoms with van der Waals surface area (Å²) in [6.07, 6.45) is 1.02. The van der Waals surface area contributed by atoms with Gasteiger partial charge in [0.25, 0.3) is 10.1 Å². The molecule has 0 aliphatic carbocycles. The minimum Gasteiger partial charge on any atom is -0.463 e. The highest BCUT2D eigenvalue weighted by Crippen LogP contribution is 2.12. The van der Waals surface area contributed by atoms with Gasteiger partial charge >= 0.3 is 5.97 Å². The molecule has 5 nitrogen and oxygen atoms in total. The van der Waals surface area contributed by atoms with Crippen molar-refractivity contribution in [2.75, 3.05) is 13.2 Å². The van der Waals surface area contributed by atoms with E-state index in [1.54, 1.807) is 12.1 Å². The molecule has 0 saturated heterocycles. The molecule has 0 spiro atoms. The molecule has 0 fully saturated rings. The largest absolute Gasteiger partial charge is 0.463 e. The van der Waals surface area contributed by atoms with Gasteiger partial charge in [0.2, 0.25) is 0 Å². The van der Waals surface area contributed by atoms with Crippen LogP contribution < -0.4 is 0 Å². The van der Waals surface area contributed by atoms with Crippen LogP contribution in [0.3, 0.4) is 0 Å². The standard InChI is InChI=1S/C13H18O5S/c1-3-4-13(14)17-9-10-18-19(15,16)12-7-5-11(2)6-8-12/h5-8H,3-4,9-10H2,1-2H3. The molecule has 0 bridgehead atoms. The van der Waals surface area contributed by atoms with Gasteiger partial charge in [0.15, 0.2) is 0 Å². The smallest absolute Gasteiger partial charge is 0.305 e. The number of carbonyl (C=O) groups is 1. The average Bonchev–Trinajstić information content (AvgIpc) is 2.36. The summed E-state index contributed by atoms with van der Waals surface area (Å²) >= 11 is 0. The lowest BCUT2D eigenvalue weighted by Gasteiger charge is -2.06. The topological polar surface area (TPSA) is 69.7 Å². The van der Waals surface area contributed by atoms with Crippen LogP contribution in [0.25, 0.3) is 0 Å².